The van der Waals surface area contributed by atoms with Gasteiger partial charge in [0, 0.05) is 19.9 Å². The van der Waals surface area contributed by atoms with Gasteiger partial charge in [0.25, 0.3) is 5.91 Å². The number of benzene rings is 1. The third kappa shape index (κ3) is 3.44. The third-order valence-electron chi connectivity index (χ3n) is 5.11. The highest BCUT2D eigenvalue weighted by Gasteiger charge is 2.38. The number of carbonyl (C=O) groups excluding carboxylic acids is 1. The Kier molecular flexibility index (Phi) is 4.63. The number of likely N-dealkylation sites (tertiary alicyclic amines) is 1. The molecule has 1 aliphatic carbocycles. The van der Waals surface area contributed by atoms with Gasteiger partial charge in [-0.3, -0.25) is 4.79 Å². The van der Waals surface area contributed by atoms with Crippen LogP contribution in [0.1, 0.15) is 48.2 Å². The number of ether oxygens (including phenoxy) is 1. The van der Waals surface area contributed by atoms with Crippen molar-refractivity contribution in [3.05, 3.63) is 41.1 Å². The van der Waals surface area contributed by atoms with Gasteiger partial charge in [0.1, 0.15) is 11.8 Å². The zero-order valence-electron chi connectivity index (χ0n) is 14.9. The van der Waals surface area contributed by atoms with E-state index in [2.05, 4.69) is 16.3 Å². The van der Waals surface area contributed by atoms with Crippen LogP contribution in [0.25, 0.3) is 0 Å². The number of rotatable bonds is 4. The van der Waals surface area contributed by atoms with Crippen molar-refractivity contribution in [3.8, 4) is 5.75 Å². The minimum absolute atomic E-state index is 0.0743. The lowest BCUT2D eigenvalue weighted by atomic mass is 9.92. The standard InChI is InChI=1S/C19H23N3O4/c1-12-20-21-19(26-12)17-9-15(23)10-22(17)18(24)11-25-16-7-6-13-4-2-3-5-14(13)8-16/h6-8,15,17,23H,2-5,9-11H2,1H3/t15-,17-/m1/s1. The molecule has 2 atom stereocenters. The van der Waals surface area contributed by atoms with Gasteiger partial charge >= 0.3 is 0 Å². The maximum atomic E-state index is 12.6. The molecule has 0 bridgehead atoms. The third-order valence-corrected chi connectivity index (χ3v) is 5.11. The first-order valence-electron chi connectivity index (χ1n) is 9.12. The predicted molar refractivity (Wildman–Crippen MR) is 92.7 cm³/mol. The summed E-state index contributed by atoms with van der Waals surface area (Å²) < 4.78 is 11.2. The van der Waals surface area contributed by atoms with Gasteiger partial charge in [-0.25, -0.2) is 0 Å². The Labute approximate surface area is 152 Å². The summed E-state index contributed by atoms with van der Waals surface area (Å²) in [6.07, 6.45) is 4.42. The molecule has 2 aromatic rings. The van der Waals surface area contributed by atoms with Gasteiger partial charge in [-0.15, -0.1) is 10.2 Å². The van der Waals surface area contributed by atoms with Crippen molar-refractivity contribution in [2.75, 3.05) is 13.2 Å². The van der Waals surface area contributed by atoms with Crippen molar-refractivity contribution in [1.82, 2.24) is 15.1 Å². The number of amides is 1. The second-order valence-corrected chi connectivity index (χ2v) is 7.04. The zero-order valence-corrected chi connectivity index (χ0v) is 14.9. The highest BCUT2D eigenvalue weighted by atomic mass is 16.5. The molecule has 4 rings (SSSR count). The van der Waals surface area contributed by atoms with Crippen molar-refractivity contribution in [2.45, 2.75) is 51.2 Å². The molecule has 2 aliphatic rings. The Morgan fingerprint density at radius 3 is 2.88 bits per heavy atom. The van der Waals surface area contributed by atoms with E-state index in [1.54, 1.807) is 11.8 Å². The number of hydrogen-bond donors (Lipinski definition) is 1. The molecule has 1 aromatic heterocycles. The van der Waals surface area contributed by atoms with Crippen LogP contribution in [-0.4, -0.2) is 45.4 Å². The normalized spacial score (nSPS) is 22.3. The molecule has 1 fully saturated rings. The molecule has 1 aromatic carbocycles. The summed E-state index contributed by atoms with van der Waals surface area (Å²) in [6.45, 7) is 1.88. The van der Waals surface area contributed by atoms with Crippen LogP contribution in [0.15, 0.2) is 22.6 Å². The van der Waals surface area contributed by atoms with Crippen LogP contribution in [0.4, 0.5) is 0 Å². The van der Waals surface area contributed by atoms with Crippen molar-refractivity contribution in [3.63, 3.8) is 0 Å². The van der Waals surface area contributed by atoms with Crippen LogP contribution < -0.4 is 4.74 Å². The molecule has 0 radical (unpaired) electrons. The average Bonchev–Trinajstić information content (AvgIpc) is 3.25. The number of aliphatic hydroxyl groups excluding tert-OH is 1. The minimum atomic E-state index is -0.597. The maximum Gasteiger partial charge on any atom is 0.261 e. The molecular formula is C19H23N3O4. The highest BCUT2D eigenvalue weighted by Crippen LogP contribution is 2.31. The van der Waals surface area contributed by atoms with E-state index in [1.165, 1.54) is 24.0 Å². The van der Waals surface area contributed by atoms with E-state index < -0.39 is 12.1 Å². The van der Waals surface area contributed by atoms with E-state index in [1.807, 2.05) is 12.1 Å². The van der Waals surface area contributed by atoms with E-state index in [0.717, 1.165) is 12.8 Å². The molecule has 26 heavy (non-hydrogen) atoms. The molecule has 7 heteroatoms. The first-order valence-corrected chi connectivity index (χ1v) is 9.12. The number of aromatic nitrogens is 2. The lowest BCUT2D eigenvalue weighted by Crippen LogP contribution is -2.35. The monoisotopic (exact) mass is 357 g/mol. The molecule has 138 valence electrons. The average molecular weight is 357 g/mol. The summed E-state index contributed by atoms with van der Waals surface area (Å²) in [5, 5.41) is 17.8. The van der Waals surface area contributed by atoms with E-state index in [9.17, 15) is 9.90 Å². The SMILES string of the molecule is Cc1nnc([C@H]2C[C@@H](O)CN2C(=O)COc2ccc3c(c2)CCCC3)o1. The quantitative estimate of drug-likeness (QED) is 0.900. The van der Waals surface area contributed by atoms with Crippen LogP contribution in [0.5, 0.6) is 5.75 Å². The van der Waals surface area contributed by atoms with Crippen molar-refractivity contribution >= 4 is 5.91 Å². The van der Waals surface area contributed by atoms with Gasteiger partial charge in [-0.1, -0.05) is 6.07 Å². The summed E-state index contributed by atoms with van der Waals surface area (Å²) in [7, 11) is 0. The van der Waals surface area contributed by atoms with Gasteiger partial charge in [0.15, 0.2) is 6.61 Å². The summed E-state index contributed by atoms with van der Waals surface area (Å²) in [6, 6.07) is 5.66. The van der Waals surface area contributed by atoms with E-state index in [0.29, 0.717) is 24.0 Å². The fourth-order valence-electron chi connectivity index (χ4n) is 3.80. The molecule has 0 unspecified atom stereocenters. The molecule has 0 spiro atoms. The summed E-state index contributed by atoms with van der Waals surface area (Å²) in [5.41, 5.74) is 2.70. The van der Waals surface area contributed by atoms with Crippen LogP contribution in [0, 0.1) is 6.92 Å². The Balaban J connectivity index is 1.42. The number of carbonyl (C=O) groups is 1. The van der Waals surface area contributed by atoms with Crippen LogP contribution >= 0.6 is 0 Å². The summed E-state index contributed by atoms with van der Waals surface area (Å²) in [4.78, 5) is 14.2. The zero-order chi connectivity index (χ0) is 18.1. The number of fused-ring (bicyclic) bond motifs is 1. The molecule has 1 N–H and O–H groups in total. The lowest BCUT2D eigenvalue weighted by Gasteiger charge is -2.22. The molecule has 7 nitrogen and oxygen atoms in total. The number of hydrogen-bond acceptors (Lipinski definition) is 6. The largest absolute Gasteiger partial charge is 0.484 e. The van der Waals surface area contributed by atoms with E-state index in [-0.39, 0.29) is 19.1 Å². The molecule has 1 amide bonds. The van der Waals surface area contributed by atoms with E-state index in [4.69, 9.17) is 9.15 Å². The fraction of sp³-hybridized carbons (Fsp3) is 0.526. The first kappa shape index (κ1) is 17.0. The predicted octanol–water partition coefficient (Wildman–Crippen LogP) is 1.97. The minimum Gasteiger partial charge on any atom is -0.484 e. The fourth-order valence-corrected chi connectivity index (χ4v) is 3.80. The second kappa shape index (κ2) is 7.07. The van der Waals surface area contributed by atoms with E-state index >= 15 is 0 Å². The molecule has 1 aliphatic heterocycles. The van der Waals surface area contributed by atoms with Gasteiger partial charge in [-0.2, -0.15) is 0 Å². The van der Waals surface area contributed by atoms with Crippen LogP contribution in [0.2, 0.25) is 0 Å². The number of aryl methyl sites for hydroxylation is 3. The van der Waals surface area contributed by atoms with Gasteiger partial charge in [0.2, 0.25) is 11.8 Å². The first-order chi connectivity index (χ1) is 12.6. The molecular weight excluding hydrogens is 334 g/mol. The Morgan fingerprint density at radius 2 is 2.12 bits per heavy atom. The molecule has 0 saturated carbocycles. The van der Waals surface area contributed by atoms with Gasteiger partial charge < -0.3 is 19.2 Å². The number of β-amino-alcohol motifs (C(OH)–C–C–N with tert-alkyl or cyclic N) is 1. The topological polar surface area (TPSA) is 88.7 Å². The Bertz CT molecular complexity index is 804. The number of nitrogens with zero attached hydrogens (tertiary/aromatic N) is 3. The second-order valence-electron chi connectivity index (χ2n) is 7.04. The van der Waals surface area contributed by atoms with Crippen molar-refractivity contribution in [1.29, 1.82) is 0 Å². The Morgan fingerprint density at radius 1 is 1.31 bits per heavy atom. The van der Waals surface area contributed by atoms with Crippen LogP contribution in [-0.2, 0) is 17.6 Å². The van der Waals surface area contributed by atoms with Crippen LogP contribution in [0.3, 0.4) is 0 Å². The number of aliphatic hydroxyl groups is 1. The summed E-state index contributed by atoms with van der Waals surface area (Å²) >= 11 is 0. The van der Waals surface area contributed by atoms with Gasteiger partial charge in [-0.05, 0) is 48.9 Å². The van der Waals surface area contributed by atoms with Crippen molar-refractivity contribution < 1.29 is 19.1 Å². The lowest BCUT2D eigenvalue weighted by molar-refractivity contribution is -0.135. The smallest absolute Gasteiger partial charge is 0.261 e. The van der Waals surface area contributed by atoms with Crippen molar-refractivity contribution in [2.24, 2.45) is 0 Å². The highest BCUT2D eigenvalue weighted by molar-refractivity contribution is 5.78. The Hall–Kier alpha value is -2.41. The molecule has 1 saturated heterocycles. The summed E-state index contributed by atoms with van der Waals surface area (Å²) in [5.74, 6) is 1.32. The molecule has 2 heterocycles. The van der Waals surface area contributed by atoms with Gasteiger partial charge in [0.05, 0.1) is 6.10 Å². The maximum absolute atomic E-state index is 12.6.